The summed E-state index contributed by atoms with van der Waals surface area (Å²) in [5.41, 5.74) is 13.7. The van der Waals surface area contributed by atoms with Gasteiger partial charge in [0.15, 0.2) is 0 Å². The van der Waals surface area contributed by atoms with Gasteiger partial charge in [-0.25, -0.2) is 6.04 Å². The van der Waals surface area contributed by atoms with Gasteiger partial charge in [-0.15, -0.1) is 0 Å². The van der Waals surface area contributed by atoms with Gasteiger partial charge >= 0.3 is 0 Å². The fraction of sp³-hybridized carbons (Fsp3) is 0.833. The fourth-order valence-electron chi connectivity index (χ4n) is 0.532. The molecular formula is C6H11N2OY3-3. The molecule has 0 spiro atoms. The Morgan fingerprint density at radius 1 is 1.17 bits per heavy atom. The normalized spacial score (nSPS) is 9.83. The monoisotopic (exact) mass is 394 g/mol. The van der Waals surface area contributed by atoms with Crippen LogP contribution in [-0.4, -0.2) is 18.9 Å². The minimum absolute atomic E-state index is 0. The Balaban J connectivity index is -0.000000107. The Kier molecular flexibility index (Phi) is 39.3. The van der Waals surface area contributed by atoms with Crippen molar-refractivity contribution >= 4 is 6.29 Å². The molecule has 0 heterocycles. The number of unbranched alkanes of at least 4 members (excludes halogenated alkanes) is 1. The zero-order valence-corrected chi connectivity index (χ0v) is 15.6. The molecule has 3 nitrogen and oxygen atoms in total. The summed E-state index contributed by atoms with van der Waals surface area (Å²) in [5, 5.41) is 0. The van der Waals surface area contributed by atoms with E-state index in [-0.39, 0.29) is 98.1 Å². The van der Waals surface area contributed by atoms with Crippen molar-refractivity contribution in [2.45, 2.75) is 25.3 Å². The van der Waals surface area contributed by atoms with Crippen molar-refractivity contribution in [3.05, 3.63) is 11.5 Å². The molecule has 0 bridgehead atoms. The van der Waals surface area contributed by atoms with Gasteiger partial charge in [0.1, 0.15) is 0 Å². The average Bonchev–Trinajstić information content (AvgIpc) is 1.89. The topological polar surface area (TPSA) is 64.7 Å². The number of rotatable bonds is 5. The van der Waals surface area contributed by atoms with Crippen LogP contribution in [0.2, 0.25) is 0 Å². The first-order valence-electron chi connectivity index (χ1n) is 3.04. The van der Waals surface area contributed by atoms with Gasteiger partial charge in [0.25, 0.3) is 0 Å². The summed E-state index contributed by atoms with van der Waals surface area (Å²) in [5.74, 6) is 0. The van der Waals surface area contributed by atoms with Gasteiger partial charge in [-0.2, -0.15) is 6.54 Å². The van der Waals surface area contributed by atoms with Crippen LogP contribution in [0.25, 0.3) is 11.5 Å². The van der Waals surface area contributed by atoms with E-state index in [0.29, 0.717) is 13.0 Å². The average molecular weight is 394 g/mol. The zero-order valence-electron chi connectivity index (χ0n) is 7.05. The molecule has 0 saturated heterocycles. The number of nitrogens with one attached hydrogen (secondary N) is 2. The van der Waals surface area contributed by atoms with E-state index >= 15 is 0 Å². The van der Waals surface area contributed by atoms with E-state index in [2.05, 4.69) is 0 Å². The first-order chi connectivity index (χ1) is 4.31. The Hall–Kier alpha value is 2.90. The van der Waals surface area contributed by atoms with Crippen LogP contribution in [0.1, 0.15) is 19.3 Å². The van der Waals surface area contributed by atoms with Crippen molar-refractivity contribution < 1.29 is 103 Å². The number of hydrogen-bond donors (Lipinski definition) is 0. The van der Waals surface area contributed by atoms with Crippen LogP contribution < -0.4 is 0 Å². The fourth-order valence-corrected chi connectivity index (χ4v) is 0.532. The van der Waals surface area contributed by atoms with Gasteiger partial charge in [-0.3, -0.25) is 6.29 Å². The van der Waals surface area contributed by atoms with E-state index in [1.807, 2.05) is 0 Å². The standard InChI is InChI=1S/C6H11N2O.3Y/c7-4-2-1-3-6(8)5-9;;;/h6-8H,1-4H2;;;/q-3;;;. The molecule has 0 aromatic heterocycles. The first kappa shape index (κ1) is 24.2. The minimum atomic E-state index is -0.684. The van der Waals surface area contributed by atoms with Gasteiger partial charge in [-0.05, 0) is 0 Å². The molecule has 0 rings (SSSR count). The number of hydrogen-bond acceptors (Lipinski definition) is 1. The summed E-state index contributed by atoms with van der Waals surface area (Å²) < 4.78 is 0. The van der Waals surface area contributed by atoms with Crippen molar-refractivity contribution in [2.24, 2.45) is 0 Å². The molecule has 6 heteroatoms. The Morgan fingerprint density at radius 2 is 1.67 bits per heavy atom. The smallest absolute Gasteiger partial charge is 0 e. The molecule has 0 aromatic rings. The summed E-state index contributed by atoms with van der Waals surface area (Å²) >= 11 is 0. The molecule has 1 atom stereocenters. The first-order valence-corrected chi connectivity index (χ1v) is 3.04. The molecule has 0 saturated carbocycles. The molecule has 1 unspecified atom stereocenters. The van der Waals surface area contributed by atoms with Crippen LogP contribution in [0.15, 0.2) is 0 Å². The van der Waals surface area contributed by atoms with E-state index < -0.39 is 6.04 Å². The molecule has 3 radical (unpaired) electrons. The third-order valence-corrected chi connectivity index (χ3v) is 1.06. The maximum Gasteiger partial charge on any atom is 0 e. The van der Waals surface area contributed by atoms with Crippen molar-refractivity contribution in [3.8, 4) is 0 Å². The van der Waals surface area contributed by atoms with Gasteiger partial charge in [-0.1, -0.05) is 19.3 Å². The predicted octanol–water partition coefficient (Wildman–Crippen LogP) is 1.73. The van der Waals surface area contributed by atoms with Crippen molar-refractivity contribution in [2.75, 3.05) is 6.54 Å². The summed E-state index contributed by atoms with van der Waals surface area (Å²) in [4.78, 5) is 9.74. The molecule has 0 amide bonds. The van der Waals surface area contributed by atoms with Gasteiger partial charge in [0, 0.05) is 98.1 Å². The molecule has 2 N–H and O–H groups in total. The van der Waals surface area contributed by atoms with Crippen molar-refractivity contribution in [1.29, 1.82) is 0 Å². The largest absolute Gasteiger partial charge is 0.698 e. The number of carbonyl (C=O) groups excluding carboxylic acids is 1. The van der Waals surface area contributed by atoms with Crippen LogP contribution in [-0.2, 0) is 103 Å². The summed E-state index contributed by atoms with van der Waals surface area (Å²) in [6.07, 6.45) is 3.72. The Labute approximate surface area is 150 Å². The molecule has 0 fully saturated rings. The van der Waals surface area contributed by atoms with E-state index in [1.54, 1.807) is 6.29 Å². The quantitative estimate of drug-likeness (QED) is 0.518. The third-order valence-electron chi connectivity index (χ3n) is 1.06. The van der Waals surface area contributed by atoms with Crippen LogP contribution in [0.3, 0.4) is 0 Å². The second-order valence-corrected chi connectivity index (χ2v) is 1.92. The van der Waals surface area contributed by atoms with Gasteiger partial charge < -0.3 is 16.3 Å². The maximum absolute atomic E-state index is 9.74. The Morgan fingerprint density at radius 3 is 2.00 bits per heavy atom. The second kappa shape index (κ2) is 19.5. The minimum Gasteiger partial charge on any atom is -0.698 e. The molecule has 0 aromatic carbocycles. The van der Waals surface area contributed by atoms with Crippen molar-refractivity contribution in [1.82, 2.24) is 0 Å². The van der Waals surface area contributed by atoms with Crippen LogP contribution in [0.4, 0.5) is 0 Å². The maximum atomic E-state index is 9.74. The molecule has 0 aliphatic rings. The van der Waals surface area contributed by atoms with Crippen molar-refractivity contribution in [3.63, 3.8) is 0 Å². The zero-order chi connectivity index (χ0) is 7.11. The molecule has 12 heavy (non-hydrogen) atoms. The van der Waals surface area contributed by atoms with Gasteiger partial charge in [0.05, 0.1) is 0 Å². The van der Waals surface area contributed by atoms with E-state index in [0.717, 1.165) is 12.8 Å². The summed E-state index contributed by atoms with van der Waals surface area (Å²) in [7, 11) is 0. The van der Waals surface area contributed by atoms with Gasteiger partial charge in [0.2, 0.25) is 0 Å². The summed E-state index contributed by atoms with van der Waals surface area (Å²) in [6, 6.07) is -0.684. The molecule has 0 aliphatic carbocycles. The third kappa shape index (κ3) is 18.6. The second-order valence-electron chi connectivity index (χ2n) is 1.92. The predicted molar refractivity (Wildman–Crippen MR) is 36.8 cm³/mol. The molecule has 0 aliphatic heterocycles. The van der Waals surface area contributed by atoms with Crippen LogP contribution >= 0.6 is 0 Å². The van der Waals surface area contributed by atoms with E-state index in [9.17, 15) is 4.79 Å². The molecule has 63 valence electrons. The van der Waals surface area contributed by atoms with E-state index in [1.165, 1.54) is 0 Å². The van der Waals surface area contributed by atoms with Crippen LogP contribution in [0.5, 0.6) is 0 Å². The van der Waals surface area contributed by atoms with E-state index in [4.69, 9.17) is 11.5 Å². The molecular weight excluding hydrogens is 383 g/mol. The van der Waals surface area contributed by atoms with Crippen LogP contribution in [0, 0.1) is 0 Å². The Bertz CT molecular complexity index is 85.2. The SMILES string of the molecule is [NH-]CCCCC([NH-])[C-]=O.[Y].[Y].[Y]. The summed E-state index contributed by atoms with van der Waals surface area (Å²) in [6.45, 7) is 0.394.